The summed E-state index contributed by atoms with van der Waals surface area (Å²) in [6.07, 6.45) is 0. The quantitative estimate of drug-likeness (QED) is 0.543. The first kappa shape index (κ1) is 20.2. The smallest absolute Gasteiger partial charge is 0.215 e. The molecule has 2 heterocycles. The fraction of sp³-hybridized carbons (Fsp3) is 0.278. The van der Waals surface area contributed by atoms with E-state index in [1.807, 2.05) is 19.9 Å². The predicted octanol–water partition coefficient (Wildman–Crippen LogP) is 2.46. The van der Waals surface area contributed by atoms with Gasteiger partial charge in [-0.15, -0.1) is 10.2 Å². The van der Waals surface area contributed by atoms with Gasteiger partial charge in [0.05, 0.1) is 11.4 Å². The minimum atomic E-state index is -3.43. The van der Waals surface area contributed by atoms with Crippen LogP contribution in [-0.2, 0) is 15.8 Å². The van der Waals surface area contributed by atoms with E-state index in [4.69, 9.17) is 11.6 Å². The number of halogens is 1. The van der Waals surface area contributed by atoms with Gasteiger partial charge in [0.2, 0.25) is 10.0 Å². The molecule has 0 radical (unpaired) electrons. The zero-order valence-electron chi connectivity index (χ0n) is 15.6. The van der Waals surface area contributed by atoms with Crippen LogP contribution in [0.4, 0.5) is 5.82 Å². The van der Waals surface area contributed by atoms with Crippen molar-refractivity contribution >= 4 is 27.4 Å². The molecule has 0 fully saturated rings. The average molecular weight is 421 g/mol. The van der Waals surface area contributed by atoms with E-state index in [1.54, 1.807) is 41.1 Å². The van der Waals surface area contributed by atoms with Crippen LogP contribution in [0.1, 0.15) is 17.0 Å². The van der Waals surface area contributed by atoms with Gasteiger partial charge in [-0.05, 0) is 49.7 Å². The third-order valence-corrected chi connectivity index (χ3v) is 5.51. The summed E-state index contributed by atoms with van der Waals surface area (Å²) in [6.45, 7) is 4.48. The topological polar surface area (TPSA) is 102 Å². The van der Waals surface area contributed by atoms with Crippen molar-refractivity contribution in [2.24, 2.45) is 0 Å². The van der Waals surface area contributed by atoms with Gasteiger partial charge in [0, 0.05) is 23.8 Å². The average Bonchev–Trinajstić information content (AvgIpc) is 2.99. The highest BCUT2D eigenvalue weighted by Crippen LogP contribution is 2.12. The Hall–Kier alpha value is -2.49. The van der Waals surface area contributed by atoms with Crippen molar-refractivity contribution in [3.8, 4) is 5.82 Å². The van der Waals surface area contributed by atoms with E-state index in [9.17, 15) is 8.42 Å². The number of rotatable bonds is 8. The molecule has 2 N–H and O–H groups in total. The largest absolute Gasteiger partial charge is 0.367 e. The van der Waals surface area contributed by atoms with Crippen molar-refractivity contribution in [1.29, 1.82) is 0 Å². The summed E-state index contributed by atoms with van der Waals surface area (Å²) >= 11 is 5.81. The van der Waals surface area contributed by atoms with Gasteiger partial charge in [0.1, 0.15) is 5.82 Å². The molecule has 0 bridgehead atoms. The molecule has 0 aliphatic carbocycles. The summed E-state index contributed by atoms with van der Waals surface area (Å²) in [5, 5.41) is 16.2. The lowest BCUT2D eigenvalue weighted by atomic mass is 10.2. The molecule has 28 heavy (non-hydrogen) atoms. The van der Waals surface area contributed by atoms with E-state index in [1.165, 1.54) is 0 Å². The van der Waals surface area contributed by atoms with E-state index >= 15 is 0 Å². The normalized spacial score (nSPS) is 11.5. The summed E-state index contributed by atoms with van der Waals surface area (Å²) < 4.78 is 28.5. The highest BCUT2D eigenvalue weighted by molar-refractivity contribution is 7.88. The van der Waals surface area contributed by atoms with Crippen LogP contribution in [0.5, 0.6) is 0 Å². The minimum absolute atomic E-state index is 0.0959. The lowest BCUT2D eigenvalue weighted by Crippen LogP contribution is -2.30. The Bertz CT molecular complexity index is 1030. The first-order valence-corrected chi connectivity index (χ1v) is 10.7. The molecule has 0 atom stereocenters. The summed E-state index contributed by atoms with van der Waals surface area (Å²) in [4.78, 5) is 0. The molecular weight excluding hydrogens is 400 g/mol. The molecule has 0 aliphatic rings. The van der Waals surface area contributed by atoms with E-state index in [-0.39, 0.29) is 12.3 Å². The first-order chi connectivity index (χ1) is 13.3. The van der Waals surface area contributed by atoms with Crippen LogP contribution >= 0.6 is 11.6 Å². The molecule has 0 aliphatic heterocycles. The van der Waals surface area contributed by atoms with Crippen LogP contribution in [-0.4, -0.2) is 41.5 Å². The summed E-state index contributed by atoms with van der Waals surface area (Å²) in [7, 11) is -3.43. The second-order valence-electron chi connectivity index (χ2n) is 6.32. The second-order valence-corrected chi connectivity index (χ2v) is 8.57. The van der Waals surface area contributed by atoms with Crippen molar-refractivity contribution in [2.75, 3.05) is 18.4 Å². The fourth-order valence-corrected chi connectivity index (χ4v) is 3.91. The zero-order chi connectivity index (χ0) is 20.1. The van der Waals surface area contributed by atoms with Crippen LogP contribution in [0, 0.1) is 13.8 Å². The number of hydrogen-bond acceptors (Lipinski definition) is 6. The number of hydrogen-bond donors (Lipinski definition) is 2. The molecule has 8 nitrogen and oxygen atoms in total. The molecule has 0 saturated carbocycles. The molecule has 10 heteroatoms. The minimum Gasteiger partial charge on any atom is -0.367 e. The number of aromatic nitrogens is 4. The summed E-state index contributed by atoms with van der Waals surface area (Å²) in [5.74, 6) is 1.09. The molecule has 2 aromatic heterocycles. The Labute approximate surface area is 169 Å². The Morgan fingerprint density at radius 3 is 2.39 bits per heavy atom. The van der Waals surface area contributed by atoms with Crippen LogP contribution < -0.4 is 10.0 Å². The highest BCUT2D eigenvalue weighted by atomic mass is 35.5. The first-order valence-electron chi connectivity index (χ1n) is 8.65. The van der Waals surface area contributed by atoms with Gasteiger partial charge in [-0.3, -0.25) is 0 Å². The molecule has 148 valence electrons. The van der Waals surface area contributed by atoms with Crippen molar-refractivity contribution in [1.82, 2.24) is 24.7 Å². The van der Waals surface area contributed by atoms with E-state index in [0.29, 0.717) is 28.8 Å². The molecule has 0 amide bonds. The van der Waals surface area contributed by atoms with Gasteiger partial charge in [-0.25, -0.2) is 17.8 Å². The maximum absolute atomic E-state index is 12.1. The lowest BCUT2D eigenvalue weighted by Gasteiger charge is -2.09. The number of nitrogens with zero attached hydrogens (tertiary/aromatic N) is 4. The molecule has 3 rings (SSSR count). The predicted molar refractivity (Wildman–Crippen MR) is 109 cm³/mol. The standard InChI is InChI=1S/C18H21ClN6O2S/c1-13-11-14(2)25(24-13)18-8-7-17(22-23-18)20-9-10-21-28(26,27)12-15-3-5-16(19)6-4-15/h3-8,11,21H,9-10,12H2,1-2H3,(H,20,22). The third-order valence-electron chi connectivity index (χ3n) is 3.90. The van der Waals surface area contributed by atoms with Crippen LogP contribution in [0.2, 0.25) is 5.02 Å². The van der Waals surface area contributed by atoms with Crippen LogP contribution in [0.3, 0.4) is 0 Å². The molecular formula is C18H21ClN6O2S. The fourth-order valence-electron chi connectivity index (χ4n) is 2.64. The van der Waals surface area contributed by atoms with Crippen molar-refractivity contribution in [3.05, 3.63) is 64.4 Å². The Balaban J connectivity index is 1.48. The summed E-state index contributed by atoms with van der Waals surface area (Å²) in [6, 6.07) is 12.3. The van der Waals surface area contributed by atoms with E-state index < -0.39 is 10.0 Å². The number of aryl methyl sites for hydroxylation is 2. The third kappa shape index (κ3) is 5.51. The highest BCUT2D eigenvalue weighted by Gasteiger charge is 2.11. The molecule has 0 saturated heterocycles. The van der Waals surface area contributed by atoms with Gasteiger partial charge < -0.3 is 5.32 Å². The van der Waals surface area contributed by atoms with Crippen molar-refractivity contribution in [3.63, 3.8) is 0 Å². The zero-order valence-corrected chi connectivity index (χ0v) is 17.1. The number of nitrogens with one attached hydrogen (secondary N) is 2. The molecule has 0 unspecified atom stereocenters. The Kier molecular flexibility index (Phi) is 6.28. The van der Waals surface area contributed by atoms with E-state index in [0.717, 1.165) is 11.4 Å². The van der Waals surface area contributed by atoms with Crippen LogP contribution in [0.15, 0.2) is 42.5 Å². The number of sulfonamides is 1. The van der Waals surface area contributed by atoms with E-state index in [2.05, 4.69) is 25.3 Å². The second kappa shape index (κ2) is 8.68. The van der Waals surface area contributed by atoms with Gasteiger partial charge in [-0.2, -0.15) is 5.10 Å². The van der Waals surface area contributed by atoms with Gasteiger partial charge in [0.15, 0.2) is 5.82 Å². The molecule has 1 aromatic carbocycles. The monoisotopic (exact) mass is 420 g/mol. The lowest BCUT2D eigenvalue weighted by molar-refractivity contribution is 0.582. The van der Waals surface area contributed by atoms with Crippen molar-refractivity contribution in [2.45, 2.75) is 19.6 Å². The SMILES string of the molecule is Cc1cc(C)n(-c2ccc(NCCNS(=O)(=O)Cc3ccc(Cl)cc3)nn2)n1. The summed E-state index contributed by atoms with van der Waals surface area (Å²) in [5.41, 5.74) is 2.56. The van der Waals surface area contributed by atoms with Gasteiger partial charge >= 0.3 is 0 Å². The van der Waals surface area contributed by atoms with Gasteiger partial charge in [0.25, 0.3) is 0 Å². The Morgan fingerprint density at radius 1 is 1.04 bits per heavy atom. The maximum atomic E-state index is 12.1. The Morgan fingerprint density at radius 2 is 1.79 bits per heavy atom. The molecule has 3 aromatic rings. The van der Waals surface area contributed by atoms with Crippen LogP contribution in [0.25, 0.3) is 5.82 Å². The number of anilines is 1. The molecule has 0 spiro atoms. The maximum Gasteiger partial charge on any atom is 0.215 e. The number of benzene rings is 1. The van der Waals surface area contributed by atoms with Crippen molar-refractivity contribution < 1.29 is 8.42 Å². The van der Waals surface area contributed by atoms with Gasteiger partial charge in [-0.1, -0.05) is 23.7 Å².